The van der Waals surface area contributed by atoms with E-state index in [4.69, 9.17) is 0 Å². The highest BCUT2D eigenvalue weighted by molar-refractivity contribution is 5.81. The summed E-state index contributed by atoms with van der Waals surface area (Å²) in [5.74, 6) is 0.734. The monoisotopic (exact) mass is 306 g/mol. The van der Waals surface area contributed by atoms with E-state index in [1.54, 1.807) is 0 Å². The Morgan fingerprint density at radius 2 is 2.17 bits per heavy atom. The lowest BCUT2D eigenvalue weighted by Gasteiger charge is -2.15. The Hall–Kier alpha value is -2.20. The highest BCUT2D eigenvalue weighted by atomic mass is 15.2. The van der Waals surface area contributed by atoms with E-state index in [-0.39, 0.29) is 0 Å². The second kappa shape index (κ2) is 6.13. The minimum atomic E-state index is 0.734. The van der Waals surface area contributed by atoms with Gasteiger partial charge in [0.25, 0.3) is 0 Å². The Balaban J connectivity index is 1.43. The molecule has 0 aliphatic carbocycles. The average Bonchev–Trinajstić information content (AvgIpc) is 3.17. The number of benzene rings is 1. The summed E-state index contributed by atoms with van der Waals surface area (Å²) in [5, 5.41) is 5.57. The fraction of sp³-hybridized carbons (Fsp3) is 0.368. The van der Waals surface area contributed by atoms with Crippen molar-refractivity contribution in [3.05, 3.63) is 60.0 Å². The summed E-state index contributed by atoms with van der Waals surface area (Å²) >= 11 is 0. The number of rotatable bonds is 4. The minimum absolute atomic E-state index is 0.734. The molecule has 0 bridgehead atoms. The average molecular weight is 306 g/mol. The molecule has 118 valence electrons. The molecule has 1 aliphatic rings. The number of hydrogen-bond acceptors (Lipinski definition) is 3. The van der Waals surface area contributed by atoms with Crippen LogP contribution in [-0.4, -0.2) is 32.8 Å². The number of fused-ring (bicyclic) bond motifs is 1. The summed E-state index contributed by atoms with van der Waals surface area (Å²) < 4.78 is 1.88. The molecule has 4 rings (SSSR count). The van der Waals surface area contributed by atoms with Crippen molar-refractivity contribution in [1.82, 2.24) is 19.7 Å². The van der Waals surface area contributed by atoms with Crippen LogP contribution in [0.3, 0.4) is 0 Å². The number of aryl methyl sites for hydroxylation is 1. The Kier molecular flexibility index (Phi) is 3.83. The van der Waals surface area contributed by atoms with E-state index in [2.05, 4.69) is 45.4 Å². The van der Waals surface area contributed by atoms with E-state index in [0.717, 1.165) is 24.4 Å². The smallest absolute Gasteiger partial charge is 0.0704 e. The Labute approximate surface area is 136 Å². The first kappa shape index (κ1) is 14.4. The van der Waals surface area contributed by atoms with Gasteiger partial charge < -0.3 is 0 Å². The molecule has 1 unspecified atom stereocenters. The highest BCUT2D eigenvalue weighted by Crippen LogP contribution is 2.25. The molecule has 0 spiro atoms. The van der Waals surface area contributed by atoms with Gasteiger partial charge in [-0.2, -0.15) is 5.10 Å². The molecule has 0 amide bonds. The van der Waals surface area contributed by atoms with Gasteiger partial charge in [0.1, 0.15) is 0 Å². The molecule has 0 N–H and O–H groups in total. The Morgan fingerprint density at radius 1 is 1.22 bits per heavy atom. The maximum atomic E-state index is 4.47. The summed E-state index contributed by atoms with van der Waals surface area (Å²) in [6.07, 6.45) is 8.38. The van der Waals surface area contributed by atoms with Gasteiger partial charge in [-0.25, -0.2) is 0 Å². The van der Waals surface area contributed by atoms with Gasteiger partial charge in [0.2, 0.25) is 0 Å². The fourth-order valence-corrected chi connectivity index (χ4v) is 3.69. The SMILES string of the molecule is Cn1cc(CN2CCC(Cc3cccc4ncccc34)C2)cn1. The van der Waals surface area contributed by atoms with Crippen molar-refractivity contribution in [2.75, 3.05) is 13.1 Å². The molecule has 0 radical (unpaired) electrons. The Bertz CT molecular complexity index is 802. The van der Waals surface area contributed by atoms with Crippen molar-refractivity contribution in [3.8, 4) is 0 Å². The Morgan fingerprint density at radius 3 is 3.04 bits per heavy atom. The largest absolute Gasteiger partial charge is 0.299 e. The van der Waals surface area contributed by atoms with Crippen LogP contribution in [0.5, 0.6) is 0 Å². The maximum Gasteiger partial charge on any atom is 0.0704 e. The van der Waals surface area contributed by atoms with Crippen LogP contribution in [-0.2, 0) is 20.0 Å². The number of likely N-dealkylation sites (tertiary alicyclic amines) is 1. The van der Waals surface area contributed by atoms with Gasteiger partial charge >= 0.3 is 0 Å². The van der Waals surface area contributed by atoms with Crippen molar-refractivity contribution in [3.63, 3.8) is 0 Å². The molecule has 4 nitrogen and oxygen atoms in total. The van der Waals surface area contributed by atoms with E-state index in [1.807, 2.05) is 30.2 Å². The van der Waals surface area contributed by atoms with Crippen molar-refractivity contribution in [2.24, 2.45) is 13.0 Å². The van der Waals surface area contributed by atoms with Crippen LogP contribution in [0.15, 0.2) is 48.9 Å². The van der Waals surface area contributed by atoms with E-state index in [0.29, 0.717) is 0 Å². The molecule has 1 saturated heterocycles. The summed E-state index contributed by atoms with van der Waals surface area (Å²) in [4.78, 5) is 7.02. The van der Waals surface area contributed by atoms with Gasteiger partial charge in [-0.3, -0.25) is 14.6 Å². The van der Waals surface area contributed by atoms with Crippen LogP contribution >= 0.6 is 0 Å². The van der Waals surface area contributed by atoms with E-state index < -0.39 is 0 Å². The highest BCUT2D eigenvalue weighted by Gasteiger charge is 2.23. The van der Waals surface area contributed by atoms with Crippen LogP contribution in [0, 0.1) is 5.92 Å². The van der Waals surface area contributed by atoms with Gasteiger partial charge in [0, 0.05) is 43.5 Å². The fourth-order valence-electron chi connectivity index (χ4n) is 3.69. The zero-order valence-electron chi connectivity index (χ0n) is 13.5. The standard InChI is InChI=1S/C19H22N4/c1-22-12-16(11-21-22)14-23-9-7-15(13-23)10-17-4-2-6-19-18(17)5-3-8-20-19/h2-6,8,11-12,15H,7,9-10,13-14H2,1H3. The lowest BCUT2D eigenvalue weighted by Crippen LogP contribution is -2.20. The maximum absolute atomic E-state index is 4.47. The zero-order chi connectivity index (χ0) is 15.6. The van der Waals surface area contributed by atoms with Crippen molar-refractivity contribution < 1.29 is 0 Å². The number of aromatic nitrogens is 3. The summed E-state index contributed by atoms with van der Waals surface area (Å²) in [6, 6.07) is 10.7. The summed E-state index contributed by atoms with van der Waals surface area (Å²) in [6.45, 7) is 3.37. The minimum Gasteiger partial charge on any atom is -0.299 e. The predicted octanol–water partition coefficient (Wildman–Crippen LogP) is 3.03. The molecule has 1 atom stereocenters. The molecule has 0 saturated carbocycles. The molecular formula is C19H22N4. The second-order valence-corrected chi connectivity index (χ2v) is 6.60. The molecule has 23 heavy (non-hydrogen) atoms. The third-order valence-corrected chi connectivity index (χ3v) is 4.78. The van der Waals surface area contributed by atoms with E-state index >= 15 is 0 Å². The van der Waals surface area contributed by atoms with Crippen LogP contribution in [0.2, 0.25) is 0 Å². The van der Waals surface area contributed by atoms with E-state index in [9.17, 15) is 0 Å². The lowest BCUT2D eigenvalue weighted by atomic mass is 9.96. The first-order chi connectivity index (χ1) is 11.3. The van der Waals surface area contributed by atoms with Crippen molar-refractivity contribution in [2.45, 2.75) is 19.4 Å². The quantitative estimate of drug-likeness (QED) is 0.743. The third kappa shape index (κ3) is 3.13. The van der Waals surface area contributed by atoms with Gasteiger partial charge in [0.05, 0.1) is 11.7 Å². The molecule has 3 heterocycles. The second-order valence-electron chi connectivity index (χ2n) is 6.60. The number of pyridine rings is 1. The number of hydrogen-bond donors (Lipinski definition) is 0. The molecule has 1 aromatic carbocycles. The molecule has 1 fully saturated rings. The molecule has 4 heteroatoms. The van der Waals surface area contributed by atoms with Gasteiger partial charge in [-0.1, -0.05) is 18.2 Å². The predicted molar refractivity (Wildman–Crippen MR) is 92.0 cm³/mol. The van der Waals surface area contributed by atoms with Gasteiger partial charge in [-0.15, -0.1) is 0 Å². The normalized spacial score (nSPS) is 18.7. The molecule has 2 aromatic heterocycles. The van der Waals surface area contributed by atoms with Gasteiger partial charge in [-0.05, 0) is 43.0 Å². The topological polar surface area (TPSA) is 34.0 Å². The van der Waals surface area contributed by atoms with Gasteiger partial charge in [0.15, 0.2) is 0 Å². The first-order valence-electron chi connectivity index (χ1n) is 8.30. The van der Waals surface area contributed by atoms with E-state index in [1.165, 1.54) is 36.0 Å². The van der Waals surface area contributed by atoms with Crippen LogP contribution in [0.1, 0.15) is 17.5 Å². The molecule has 3 aromatic rings. The molecule has 1 aliphatic heterocycles. The lowest BCUT2D eigenvalue weighted by molar-refractivity contribution is 0.316. The number of nitrogens with zero attached hydrogens (tertiary/aromatic N) is 4. The zero-order valence-corrected chi connectivity index (χ0v) is 13.5. The third-order valence-electron chi connectivity index (χ3n) is 4.78. The summed E-state index contributed by atoms with van der Waals surface area (Å²) in [5.41, 5.74) is 3.85. The van der Waals surface area contributed by atoms with Crippen LogP contribution < -0.4 is 0 Å². The van der Waals surface area contributed by atoms with Crippen LogP contribution in [0.25, 0.3) is 10.9 Å². The first-order valence-corrected chi connectivity index (χ1v) is 8.30. The summed E-state index contributed by atoms with van der Waals surface area (Å²) in [7, 11) is 1.98. The van der Waals surface area contributed by atoms with Crippen LogP contribution in [0.4, 0.5) is 0 Å². The van der Waals surface area contributed by atoms with Crippen molar-refractivity contribution in [1.29, 1.82) is 0 Å². The van der Waals surface area contributed by atoms with Crippen molar-refractivity contribution >= 4 is 10.9 Å². The molecular weight excluding hydrogens is 284 g/mol.